The fraction of sp³-hybridized carbons (Fsp3) is 0.235. The maximum absolute atomic E-state index is 13.8. The molecule has 8 heteroatoms. The summed E-state index contributed by atoms with van der Waals surface area (Å²) >= 11 is 0. The van der Waals surface area contributed by atoms with Crippen molar-refractivity contribution in [2.24, 2.45) is 0 Å². The highest BCUT2D eigenvalue weighted by atomic mass is 19.1. The number of methoxy groups -OCH3 is 2. The standard InChI is InChI=1S/C34H35FN2O5/c1-40-31-18-15-26(22-32(31)41-2)19-20-36-34(39)30(21-25-9-5-3-6-10-25)37(23-27-13-16-28(35)17-14-27)33(38)24-42-29-11-7-4-8-12-29/h3-18,22,30H,19-21,23-24H2,1-2H3,(H,36,39)/t30-/m1/s1. The van der Waals surface area contributed by atoms with Crippen LogP contribution in [0, 0.1) is 5.82 Å². The van der Waals surface area contributed by atoms with Crippen molar-refractivity contribution in [3.8, 4) is 17.2 Å². The van der Waals surface area contributed by atoms with E-state index >= 15 is 0 Å². The average Bonchev–Trinajstić information content (AvgIpc) is 3.03. The van der Waals surface area contributed by atoms with Gasteiger partial charge in [-0.15, -0.1) is 0 Å². The number of hydrogen-bond donors (Lipinski definition) is 1. The van der Waals surface area contributed by atoms with Crippen LogP contribution in [0.4, 0.5) is 4.39 Å². The molecule has 0 heterocycles. The maximum atomic E-state index is 13.8. The Kier molecular flexibility index (Phi) is 10.9. The monoisotopic (exact) mass is 570 g/mol. The van der Waals surface area contributed by atoms with Gasteiger partial charge in [0.15, 0.2) is 18.1 Å². The van der Waals surface area contributed by atoms with E-state index in [0.29, 0.717) is 42.2 Å². The van der Waals surface area contributed by atoms with E-state index in [2.05, 4.69) is 5.32 Å². The first-order chi connectivity index (χ1) is 20.5. The molecule has 0 aromatic heterocycles. The minimum Gasteiger partial charge on any atom is -0.493 e. The molecule has 0 bridgehead atoms. The minimum absolute atomic E-state index is 0.109. The molecule has 4 aromatic carbocycles. The van der Waals surface area contributed by atoms with E-state index in [4.69, 9.17) is 14.2 Å². The zero-order valence-electron chi connectivity index (χ0n) is 23.8. The first kappa shape index (κ1) is 30.1. The van der Waals surface area contributed by atoms with E-state index < -0.39 is 6.04 Å². The van der Waals surface area contributed by atoms with Crippen molar-refractivity contribution in [1.82, 2.24) is 10.2 Å². The van der Waals surface area contributed by atoms with Gasteiger partial charge in [-0.1, -0.05) is 66.7 Å². The van der Waals surface area contributed by atoms with Crippen molar-refractivity contribution >= 4 is 11.8 Å². The van der Waals surface area contributed by atoms with Gasteiger partial charge in [0.1, 0.15) is 17.6 Å². The molecule has 218 valence electrons. The molecule has 0 spiro atoms. The van der Waals surface area contributed by atoms with Crippen LogP contribution in [-0.4, -0.2) is 50.1 Å². The van der Waals surface area contributed by atoms with Crippen LogP contribution in [0.15, 0.2) is 103 Å². The number of hydrogen-bond acceptors (Lipinski definition) is 5. The molecule has 0 saturated heterocycles. The number of nitrogens with one attached hydrogen (secondary N) is 1. The zero-order chi connectivity index (χ0) is 29.7. The third-order valence-corrected chi connectivity index (χ3v) is 6.80. The summed E-state index contributed by atoms with van der Waals surface area (Å²) in [6.07, 6.45) is 0.842. The summed E-state index contributed by atoms with van der Waals surface area (Å²) in [5, 5.41) is 3.02. The molecule has 4 aromatic rings. The highest BCUT2D eigenvalue weighted by Crippen LogP contribution is 2.27. The molecule has 0 aliphatic carbocycles. The molecule has 2 amide bonds. The smallest absolute Gasteiger partial charge is 0.261 e. The van der Waals surface area contributed by atoms with Gasteiger partial charge in [0.05, 0.1) is 14.2 Å². The Morgan fingerprint density at radius 2 is 1.43 bits per heavy atom. The number of carbonyl (C=O) groups is 2. The van der Waals surface area contributed by atoms with Crippen molar-refractivity contribution in [3.05, 3.63) is 126 Å². The Hall–Kier alpha value is -4.85. The number of rotatable bonds is 14. The first-order valence-corrected chi connectivity index (χ1v) is 13.7. The molecule has 0 aliphatic heterocycles. The van der Waals surface area contributed by atoms with Gasteiger partial charge in [-0.2, -0.15) is 0 Å². The predicted molar refractivity (Wildman–Crippen MR) is 159 cm³/mol. The van der Waals surface area contributed by atoms with Crippen LogP contribution in [0.3, 0.4) is 0 Å². The van der Waals surface area contributed by atoms with Gasteiger partial charge in [0.25, 0.3) is 5.91 Å². The fourth-order valence-corrected chi connectivity index (χ4v) is 4.57. The van der Waals surface area contributed by atoms with Crippen molar-refractivity contribution in [3.63, 3.8) is 0 Å². The van der Waals surface area contributed by atoms with Crippen molar-refractivity contribution < 1.29 is 28.2 Å². The lowest BCUT2D eigenvalue weighted by atomic mass is 10.0. The summed E-state index contributed by atoms with van der Waals surface area (Å²) < 4.78 is 30.1. The number of carbonyl (C=O) groups excluding carboxylic acids is 2. The molecule has 1 N–H and O–H groups in total. The van der Waals surface area contributed by atoms with Crippen LogP contribution < -0.4 is 19.5 Å². The summed E-state index contributed by atoms with van der Waals surface area (Å²) in [4.78, 5) is 29.0. The van der Waals surface area contributed by atoms with Crippen molar-refractivity contribution in [2.45, 2.75) is 25.4 Å². The molecule has 0 unspecified atom stereocenters. The topological polar surface area (TPSA) is 77.1 Å². The average molecular weight is 571 g/mol. The number of halogens is 1. The van der Waals surface area contributed by atoms with Crippen LogP contribution in [-0.2, 0) is 29.0 Å². The Labute approximate surface area is 245 Å². The number of benzene rings is 4. The number of para-hydroxylation sites is 1. The molecule has 0 saturated carbocycles. The van der Waals surface area contributed by atoms with Crippen LogP contribution in [0.5, 0.6) is 17.2 Å². The lowest BCUT2D eigenvalue weighted by molar-refractivity contribution is -0.142. The summed E-state index contributed by atoms with van der Waals surface area (Å²) in [5.41, 5.74) is 2.56. The number of ether oxygens (including phenoxy) is 3. The van der Waals surface area contributed by atoms with Gasteiger partial charge < -0.3 is 24.4 Å². The molecular formula is C34H35FN2O5. The third-order valence-electron chi connectivity index (χ3n) is 6.80. The first-order valence-electron chi connectivity index (χ1n) is 13.7. The van der Waals surface area contributed by atoms with Gasteiger partial charge >= 0.3 is 0 Å². The quantitative estimate of drug-likeness (QED) is 0.225. The van der Waals surface area contributed by atoms with Gasteiger partial charge in [-0.3, -0.25) is 9.59 Å². The van der Waals surface area contributed by atoms with Gasteiger partial charge in [0, 0.05) is 19.5 Å². The van der Waals surface area contributed by atoms with E-state index in [0.717, 1.165) is 11.1 Å². The Morgan fingerprint density at radius 3 is 2.10 bits per heavy atom. The Bertz CT molecular complexity index is 1430. The van der Waals surface area contributed by atoms with Crippen molar-refractivity contribution in [1.29, 1.82) is 0 Å². The van der Waals surface area contributed by atoms with Gasteiger partial charge in [-0.05, 0) is 59.5 Å². The molecule has 4 rings (SSSR count). The SMILES string of the molecule is COc1ccc(CCNC(=O)[C@@H](Cc2ccccc2)N(Cc2ccc(F)cc2)C(=O)COc2ccccc2)cc1OC. The van der Waals surface area contributed by atoms with Crippen LogP contribution in [0.2, 0.25) is 0 Å². The van der Waals surface area contributed by atoms with Gasteiger partial charge in [-0.25, -0.2) is 4.39 Å². The van der Waals surface area contributed by atoms with E-state index in [1.165, 1.54) is 17.0 Å². The van der Waals surface area contributed by atoms with E-state index in [-0.39, 0.29) is 30.8 Å². The molecule has 7 nitrogen and oxygen atoms in total. The second-order valence-corrected chi connectivity index (χ2v) is 9.69. The summed E-state index contributed by atoms with van der Waals surface area (Å²) in [5.74, 6) is 0.747. The largest absolute Gasteiger partial charge is 0.493 e. The van der Waals surface area contributed by atoms with E-state index in [9.17, 15) is 14.0 Å². The number of amides is 2. The van der Waals surface area contributed by atoms with Crippen LogP contribution >= 0.6 is 0 Å². The Balaban J connectivity index is 1.55. The third kappa shape index (κ3) is 8.57. The second kappa shape index (κ2) is 15.2. The van der Waals surface area contributed by atoms with Gasteiger partial charge in [0.2, 0.25) is 5.91 Å². The molecule has 0 radical (unpaired) electrons. The fourth-order valence-electron chi connectivity index (χ4n) is 4.57. The van der Waals surface area contributed by atoms with E-state index in [1.807, 2.05) is 66.7 Å². The second-order valence-electron chi connectivity index (χ2n) is 9.69. The van der Waals surface area contributed by atoms with E-state index in [1.54, 1.807) is 38.5 Å². The van der Waals surface area contributed by atoms with Crippen molar-refractivity contribution in [2.75, 3.05) is 27.4 Å². The lowest BCUT2D eigenvalue weighted by Gasteiger charge is -2.31. The normalized spacial score (nSPS) is 11.3. The molecule has 1 atom stereocenters. The highest BCUT2D eigenvalue weighted by molar-refractivity contribution is 5.88. The number of nitrogens with zero attached hydrogens (tertiary/aromatic N) is 1. The molecular weight excluding hydrogens is 535 g/mol. The molecule has 0 fully saturated rings. The minimum atomic E-state index is -0.838. The molecule has 0 aliphatic rings. The summed E-state index contributed by atoms with van der Waals surface area (Å²) in [6.45, 7) is 0.200. The molecule has 42 heavy (non-hydrogen) atoms. The Morgan fingerprint density at radius 1 is 0.786 bits per heavy atom. The summed E-state index contributed by atoms with van der Waals surface area (Å²) in [7, 11) is 3.15. The maximum Gasteiger partial charge on any atom is 0.261 e. The predicted octanol–water partition coefficient (Wildman–Crippen LogP) is 5.22. The van der Waals surface area contributed by atoms with Crippen LogP contribution in [0.1, 0.15) is 16.7 Å². The highest BCUT2D eigenvalue weighted by Gasteiger charge is 2.30. The van der Waals surface area contributed by atoms with Crippen LogP contribution in [0.25, 0.3) is 0 Å². The summed E-state index contributed by atoms with van der Waals surface area (Å²) in [6, 6.07) is 29.2. The lowest BCUT2D eigenvalue weighted by Crippen LogP contribution is -2.52. The zero-order valence-corrected chi connectivity index (χ0v) is 23.8.